The first-order chi connectivity index (χ1) is 12.6. The van der Waals surface area contributed by atoms with Gasteiger partial charge in [-0.1, -0.05) is 30.3 Å². The predicted octanol–water partition coefficient (Wildman–Crippen LogP) is 4.00. The summed E-state index contributed by atoms with van der Waals surface area (Å²) in [7, 11) is 0. The van der Waals surface area contributed by atoms with Crippen molar-refractivity contribution in [2.45, 2.75) is 33.4 Å². The van der Waals surface area contributed by atoms with Gasteiger partial charge in [0.25, 0.3) is 5.91 Å². The van der Waals surface area contributed by atoms with Crippen LogP contribution in [0.2, 0.25) is 0 Å². The van der Waals surface area contributed by atoms with Gasteiger partial charge >= 0.3 is 0 Å². The average molecular weight is 350 g/mol. The lowest BCUT2D eigenvalue weighted by Gasteiger charge is -2.15. The Morgan fingerprint density at radius 3 is 2.73 bits per heavy atom. The molecule has 0 aliphatic carbocycles. The van der Waals surface area contributed by atoms with Gasteiger partial charge in [-0.05, 0) is 38.5 Å². The summed E-state index contributed by atoms with van der Waals surface area (Å²) in [6.45, 7) is 6.42. The van der Waals surface area contributed by atoms with Gasteiger partial charge < -0.3 is 10.1 Å². The Morgan fingerprint density at radius 1 is 1.23 bits per heavy atom. The van der Waals surface area contributed by atoms with Crippen LogP contribution in [-0.2, 0) is 6.54 Å². The standard InChI is InChI=1S/C20H22N4O2/c1-4-24-18(12-14(2)23-24)20(25)22-19-13-17(10-11-21-19)26-15(3)16-8-6-5-7-9-16/h5-13,15H,4H2,1-3H3,(H,21,22,25). The maximum absolute atomic E-state index is 12.5. The zero-order valence-electron chi connectivity index (χ0n) is 15.1. The van der Waals surface area contributed by atoms with E-state index in [1.54, 1.807) is 29.1 Å². The van der Waals surface area contributed by atoms with E-state index in [0.717, 1.165) is 11.3 Å². The fraction of sp³-hybridized carbons (Fsp3) is 0.250. The molecule has 3 aromatic rings. The molecule has 1 atom stereocenters. The van der Waals surface area contributed by atoms with Crippen molar-refractivity contribution in [1.29, 1.82) is 0 Å². The quantitative estimate of drug-likeness (QED) is 0.729. The summed E-state index contributed by atoms with van der Waals surface area (Å²) in [5.41, 5.74) is 2.40. The van der Waals surface area contributed by atoms with Crippen LogP contribution < -0.4 is 10.1 Å². The van der Waals surface area contributed by atoms with Crippen molar-refractivity contribution in [3.63, 3.8) is 0 Å². The van der Waals surface area contributed by atoms with Crippen molar-refractivity contribution >= 4 is 11.7 Å². The highest BCUT2D eigenvalue weighted by molar-refractivity contribution is 6.02. The van der Waals surface area contributed by atoms with E-state index in [1.807, 2.05) is 51.1 Å². The predicted molar refractivity (Wildman–Crippen MR) is 100 cm³/mol. The Labute approximate surface area is 152 Å². The molecule has 1 N–H and O–H groups in total. The van der Waals surface area contributed by atoms with Crippen molar-refractivity contribution < 1.29 is 9.53 Å². The fourth-order valence-corrected chi connectivity index (χ4v) is 2.70. The number of carbonyl (C=O) groups excluding carboxylic acids is 1. The molecule has 0 spiro atoms. The summed E-state index contributed by atoms with van der Waals surface area (Å²) in [6.07, 6.45) is 1.51. The van der Waals surface area contributed by atoms with Crippen molar-refractivity contribution in [3.8, 4) is 5.75 Å². The van der Waals surface area contributed by atoms with Crippen molar-refractivity contribution in [2.24, 2.45) is 0 Å². The highest BCUT2D eigenvalue weighted by atomic mass is 16.5. The Morgan fingerprint density at radius 2 is 2.00 bits per heavy atom. The number of aryl methyl sites for hydroxylation is 2. The summed E-state index contributed by atoms with van der Waals surface area (Å²) in [5.74, 6) is 0.842. The first-order valence-electron chi connectivity index (χ1n) is 8.60. The Kier molecular flexibility index (Phi) is 5.31. The third-order valence-corrected chi connectivity index (χ3v) is 3.99. The van der Waals surface area contributed by atoms with Crippen molar-refractivity contribution in [1.82, 2.24) is 14.8 Å². The van der Waals surface area contributed by atoms with E-state index in [0.29, 0.717) is 23.8 Å². The maximum Gasteiger partial charge on any atom is 0.275 e. The van der Waals surface area contributed by atoms with Crippen LogP contribution in [0, 0.1) is 6.92 Å². The lowest BCUT2D eigenvalue weighted by Crippen LogP contribution is -2.18. The maximum atomic E-state index is 12.5. The van der Waals surface area contributed by atoms with Crippen LogP contribution in [0.1, 0.15) is 41.7 Å². The van der Waals surface area contributed by atoms with Crippen LogP contribution in [-0.4, -0.2) is 20.7 Å². The number of carbonyl (C=O) groups is 1. The van der Waals surface area contributed by atoms with Crippen LogP contribution in [0.3, 0.4) is 0 Å². The molecule has 6 heteroatoms. The molecule has 0 fully saturated rings. The SMILES string of the molecule is CCn1nc(C)cc1C(=O)Nc1cc(OC(C)c2ccccc2)ccn1. The van der Waals surface area contributed by atoms with Gasteiger partial charge in [0.2, 0.25) is 0 Å². The third kappa shape index (κ3) is 4.08. The molecule has 2 heterocycles. The zero-order chi connectivity index (χ0) is 18.5. The van der Waals surface area contributed by atoms with Gasteiger partial charge in [0.15, 0.2) is 0 Å². The second-order valence-corrected chi connectivity index (χ2v) is 5.99. The van der Waals surface area contributed by atoms with Gasteiger partial charge in [0.1, 0.15) is 23.4 Å². The summed E-state index contributed by atoms with van der Waals surface area (Å²) >= 11 is 0. The van der Waals surface area contributed by atoms with Gasteiger partial charge in [-0.3, -0.25) is 9.48 Å². The molecule has 0 saturated heterocycles. The fourth-order valence-electron chi connectivity index (χ4n) is 2.70. The number of nitrogens with zero attached hydrogens (tertiary/aromatic N) is 3. The van der Waals surface area contributed by atoms with Crippen molar-refractivity contribution in [3.05, 3.63) is 71.7 Å². The summed E-state index contributed by atoms with van der Waals surface area (Å²) in [6, 6.07) is 15.2. The van der Waals surface area contributed by atoms with E-state index < -0.39 is 0 Å². The molecule has 3 rings (SSSR count). The van der Waals surface area contributed by atoms with Gasteiger partial charge in [-0.15, -0.1) is 0 Å². The number of benzene rings is 1. The number of amides is 1. The van der Waals surface area contributed by atoms with Crippen LogP contribution in [0.4, 0.5) is 5.82 Å². The van der Waals surface area contributed by atoms with Gasteiger partial charge in [0, 0.05) is 18.8 Å². The molecule has 0 radical (unpaired) electrons. The molecule has 0 saturated carbocycles. The Bertz CT molecular complexity index is 890. The number of aromatic nitrogens is 3. The number of hydrogen-bond donors (Lipinski definition) is 1. The van der Waals surface area contributed by atoms with Gasteiger partial charge in [-0.2, -0.15) is 5.10 Å². The van der Waals surface area contributed by atoms with Gasteiger partial charge in [0.05, 0.1) is 5.69 Å². The lowest BCUT2D eigenvalue weighted by atomic mass is 10.1. The third-order valence-electron chi connectivity index (χ3n) is 3.99. The lowest BCUT2D eigenvalue weighted by molar-refractivity contribution is 0.101. The summed E-state index contributed by atoms with van der Waals surface area (Å²) < 4.78 is 7.64. The van der Waals surface area contributed by atoms with Crippen LogP contribution in [0.15, 0.2) is 54.7 Å². The summed E-state index contributed by atoms with van der Waals surface area (Å²) in [4.78, 5) is 16.7. The molecule has 1 aromatic carbocycles. The number of nitrogens with one attached hydrogen (secondary N) is 1. The minimum Gasteiger partial charge on any atom is -0.486 e. The highest BCUT2D eigenvalue weighted by Gasteiger charge is 2.14. The summed E-state index contributed by atoms with van der Waals surface area (Å²) in [5, 5.41) is 7.10. The monoisotopic (exact) mass is 350 g/mol. The average Bonchev–Trinajstić information content (AvgIpc) is 3.04. The molecule has 2 aromatic heterocycles. The van der Waals surface area contributed by atoms with Crippen molar-refractivity contribution in [2.75, 3.05) is 5.32 Å². The molecule has 6 nitrogen and oxygen atoms in total. The normalized spacial score (nSPS) is 11.8. The molecule has 134 valence electrons. The molecule has 0 aliphatic rings. The molecule has 1 unspecified atom stereocenters. The zero-order valence-corrected chi connectivity index (χ0v) is 15.1. The van der Waals surface area contributed by atoms with E-state index in [9.17, 15) is 4.79 Å². The van der Waals surface area contributed by atoms with Crippen LogP contribution in [0.5, 0.6) is 5.75 Å². The topological polar surface area (TPSA) is 69.0 Å². The smallest absolute Gasteiger partial charge is 0.275 e. The molecule has 1 amide bonds. The second-order valence-electron chi connectivity index (χ2n) is 5.99. The van der Waals surface area contributed by atoms with E-state index in [2.05, 4.69) is 15.4 Å². The number of anilines is 1. The number of hydrogen-bond acceptors (Lipinski definition) is 4. The number of rotatable bonds is 6. The molecule has 0 bridgehead atoms. The first-order valence-corrected chi connectivity index (χ1v) is 8.60. The van der Waals surface area contributed by atoms with Crippen LogP contribution in [0.25, 0.3) is 0 Å². The number of ether oxygens (including phenoxy) is 1. The largest absolute Gasteiger partial charge is 0.486 e. The van der Waals surface area contributed by atoms with Crippen LogP contribution >= 0.6 is 0 Å². The van der Waals surface area contributed by atoms with E-state index >= 15 is 0 Å². The molecular formula is C20H22N4O2. The Balaban J connectivity index is 1.72. The van der Waals surface area contributed by atoms with E-state index in [1.165, 1.54) is 0 Å². The minimum atomic E-state index is -0.242. The molecule has 26 heavy (non-hydrogen) atoms. The molecule has 0 aliphatic heterocycles. The first kappa shape index (κ1) is 17.7. The second kappa shape index (κ2) is 7.82. The minimum absolute atomic E-state index is 0.105. The highest BCUT2D eigenvalue weighted by Crippen LogP contribution is 2.23. The molecular weight excluding hydrogens is 328 g/mol. The van der Waals surface area contributed by atoms with E-state index in [4.69, 9.17) is 4.74 Å². The Hall–Kier alpha value is -3.15. The number of pyridine rings is 1. The van der Waals surface area contributed by atoms with E-state index in [-0.39, 0.29) is 12.0 Å². The van der Waals surface area contributed by atoms with Gasteiger partial charge in [-0.25, -0.2) is 4.98 Å².